The molecule has 0 aliphatic heterocycles. The van der Waals surface area contributed by atoms with Crippen molar-refractivity contribution in [3.63, 3.8) is 0 Å². The van der Waals surface area contributed by atoms with Gasteiger partial charge in [0.1, 0.15) is 12.3 Å². The van der Waals surface area contributed by atoms with Crippen LogP contribution in [0.1, 0.15) is 17.4 Å². The first-order chi connectivity index (χ1) is 17.3. The van der Waals surface area contributed by atoms with E-state index in [1.165, 1.54) is 15.9 Å². The number of rotatable bonds is 9. The van der Waals surface area contributed by atoms with Gasteiger partial charge in [0, 0.05) is 21.8 Å². The minimum absolute atomic E-state index is 0.0178. The van der Waals surface area contributed by atoms with Crippen LogP contribution in [-0.4, -0.2) is 31.7 Å². The highest BCUT2D eigenvalue weighted by Gasteiger charge is 2.17. The fourth-order valence-corrected chi connectivity index (χ4v) is 3.98. The number of carbonyl (C=O) groups excluding carboxylic acids is 1. The predicted molar refractivity (Wildman–Crippen MR) is 137 cm³/mol. The van der Waals surface area contributed by atoms with Gasteiger partial charge < -0.3 is 14.8 Å². The maximum atomic E-state index is 13.3. The van der Waals surface area contributed by atoms with Gasteiger partial charge in [-0.3, -0.25) is 9.36 Å². The van der Waals surface area contributed by atoms with E-state index in [-0.39, 0.29) is 19.1 Å². The van der Waals surface area contributed by atoms with E-state index in [1.54, 1.807) is 61.7 Å². The summed E-state index contributed by atoms with van der Waals surface area (Å²) in [6.07, 6.45) is 1.73. The molecule has 10 nitrogen and oxygen atoms in total. The normalized spacial score (nSPS) is 10.8. The van der Waals surface area contributed by atoms with Crippen molar-refractivity contribution in [2.24, 2.45) is 0 Å². The molecule has 12 heteroatoms. The molecule has 0 aliphatic carbocycles. The second-order valence-corrected chi connectivity index (χ2v) is 9.23. The van der Waals surface area contributed by atoms with Crippen LogP contribution in [-0.2, 0) is 22.6 Å². The number of hydrogen-bond acceptors (Lipinski definition) is 9. The van der Waals surface area contributed by atoms with Crippen LogP contribution in [0.25, 0.3) is 0 Å². The fraction of sp³-hybridized carbons (Fsp3) is 0.208. The van der Waals surface area contributed by atoms with Gasteiger partial charge in [-0.15, -0.1) is 0 Å². The summed E-state index contributed by atoms with van der Waals surface area (Å²) in [6.45, 7) is 3.25. The Morgan fingerprint density at radius 1 is 1.08 bits per heavy atom. The highest BCUT2D eigenvalue weighted by atomic mass is 35.5. The molecule has 0 fully saturated rings. The van der Waals surface area contributed by atoms with E-state index >= 15 is 0 Å². The van der Waals surface area contributed by atoms with E-state index in [1.807, 2.05) is 6.92 Å². The molecule has 0 radical (unpaired) electrons. The number of benzene rings is 2. The zero-order chi connectivity index (χ0) is 25.7. The summed E-state index contributed by atoms with van der Waals surface area (Å²) in [5, 5.41) is 4.09. The standard InChI is InChI=1S/C24H22ClN5O5S/c1-3-34-20(31)14-30-22(32)28-21(29(24(30)33)13-16-4-6-17(25)7-5-16)27-18-8-10-19(11-9-18)35-23-26-12-15(2)36-23/h4-12H,3,13-14H2,1-2H3,(H,27,28,32). The molecule has 1 N–H and O–H groups in total. The number of thiazole rings is 1. The first kappa shape index (κ1) is 25.1. The first-order valence-electron chi connectivity index (χ1n) is 10.9. The van der Waals surface area contributed by atoms with Gasteiger partial charge in [0.15, 0.2) is 0 Å². The Morgan fingerprint density at radius 2 is 1.81 bits per heavy atom. The molecule has 2 heterocycles. The molecule has 0 spiro atoms. The van der Waals surface area contributed by atoms with Crippen molar-refractivity contribution in [3.05, 3.63) is 91.2 Å². The smallest absolute Gasteiger partial charge is 0.355 e. The molecule has 4 aromatic rings. The van der Waals surface area contributed by atoms with Gasteiger partial charge in [0.05, 0.1) is 13.2 Å². The van der Waals surface area contributed by atoms with Crippen LogP contribution >= 0.6 is 22.9 Å². The number of ether oxygens (including phenoxy) is 2. The van der Waals surface area contributed by atoms with Crippen molar-refractivity contribution in [1.82, 2.24) is 19.1 Å². The molecule has 0 atom stereocenters. The zero-order valence-electron chi connectivity index (χ0n) is 19.4. The first-order valence-corrected chi connectivity index (χ1v) is 12.1. The van der Waals surface area contributed by atoms with Crippen LogP contribution in [0, 0.1) is 6.92 Å². The van der Waals surface area contributed by atoms with E-state index in [2.05, 4.69) is 15.3 Å². The van der Waals surface area contributed by atoms with Crippen LogP contribution < -0.4 is 21.4 Å². The third-order valence-electron chi connectivity index (χ3n) is 4.91. The molecule has 0 bridgehead atoms. The maximum absolute atomic E-state index is 13.3. The summed E-state index contributed by atoms with van der Waals surface area (Å²) in [4.78, 5) is 47.1. The molecule has 36 heavy (non-hydrogen) atoms. The van der Waals surface area contributed by atoms with E-state index in [0.717, 1.165) is 15.0 Å². The second-order valence-electron chi connectivity index (χ2n) is 7.59. The minimum Gasteiger partial charge on any atom is -0.465 e. The molecule has 0 amide bonds. The van der Waals surface area contributed by atoms with Gasteiger partial charge in [-0.05, 0) is 55.8 Å². The van der Waals surface area contributed by atoms with E-state index in [4.69, 9.17) is 21.1 Å². The topological polar surface area (TPSA) is 117 Å². The van der Waals surface area contributed by atoms with E-state index in [0.29, 0.717) is 21.7 Å². The molecule has 186 valence electrons. The largest absolute Gasteiger partial charge is 0.465 e. The molecular formula is C24H22ClN5O5S. The lowest BCUT2D eigenvalue weighted by atomic mass is 10.2. The Morgan fingerprint density at radius 3 is 2.44 bits per heavy atom. The van der Waals surface area contributed by atoms with E-state index < -0.39 is 23.9 Å². The molecule has 0 saturated carbocycles. The quantitative estimate of drug-likeness (QED) is 0.325. The maximum Gasteiger partial charge on any atom is 0.355 e. The number of aromatic nitrogens is 4. The predicted octanol–water partition coefficient (Wildman–Crippen LogP) is 3.97. The van der Waals surface area contributed by atoms with Gasteiger partial charge >= 0.3 is 17.3 Å². The van der Waals surface area contributed by atoms with Crippen LogP contribution in [0.5, 0.6) is 10.9 Å². The summed E-state index contributed by atoms with van der Waals surface area (Å²) in [5.41, 5.74) is -0.270. The third kappa shape index (κ3) is 6.18. The van der Waals surface area contributed by atoms with Crippen LogP contribution in [0.2, 0.25) is 5.02 Å². The van der Waals surface area contributed by atoms with Crippen molar-refractivity contribution >= 4 is 40.5 Å². The SMILES string of the molecule is CCOC(=O)Cn1c(=O)nc(Nc2ccc(Oc3ncc(C)s3)cc2)n(Cc2ccc(Cl)cc2)c1=O. The minimum atomic E-state index is -0.873. The van der Waals surface area contributed by atoms with Crippen molar-refractivity contribution in [3.8, 4) is 10.9 Å². The summed E-state index contributed by atoms with van der Waals surface area (Å²) >= 11 is 7.41. The Kier molecular flexibility index (Phi) is 7.81. The molecule has 2 aromatic carbocycles. The molecule has 0 aliphatic rings. The Hall–Kier alpha value is -3.96. The average molecular weight is 528 g/mol. The number of anilines is 2. The van der Waals surface area contributed by atoms with Crippen molar-refractivity contribution in [2.75, 3.05) is 11.9 Å². The Bertz CT molecular complexity index is 1480. The highest BCUT2D eigenvalue weighted by molar-refractivity contribution is 7.13. The number of carbonyl (C=O) groups is 1. The van der Waals surface area contributed by atoms with Gasteiger partial charge in [-0.1, -0.05) is 35.1 Å². The zero-order valence-corrected chi connectivity index (χ0v) is 21.0. The lowest BCUT2D eigenvalue weighted by Gasteiger charge is -2.15. The monoisotopic (exact) mass is 527 g/mol. The summed E-state index contributed by atoms with van der Waals surface area (Å²) in [6, 6.07) is 13.8. The van der Waals surface area contributed by atoms with Crippen molar-refractivity contribution in [2.45, 2.75) is 26.9 Å². The summed E-state index contributed by atoms with van der Waals surface area (Å²) in [5.74, 6) is -0.112. The van der Waals surface area contributed by atoms with Crippen LogP contribution in [0.3, 0.4) is 0 Å². The number of nitrogens with one attached hydrogen (secondary N) is 1. The lowest BCUT2D eigenvalue weighted by Crippen LogP contribution is -2.44. The van der Waals surface area contributed by atoms with Gasteiger partial charge in [-0.2, -0.15) is 4.98 Å². The van der Waals surface area contributed by atoms with Crippen molar-refractivity contribution < 1.29 is 14.3 Å². The average Bonchev–Trinajstić information content (AvgIpc) is 3.26. The second kappa shape index (κ2) is 11.2. The van der Waals surface area contributed by atoms with Gasteiger partial charge in [-0.25, -0.2) is 19.1 Å². The van der Waals surface area contributed by atoms with Crippen LogP contribution in [0.4, 0.5) is 11.6 Å². The van der Waals surface area contributed by atoms with Crippen molar-refractivity contribution in [1.29, 1.82) is 0 Å². The van der Waals surface area contributed by atoms with Gasteiger partial charge in [0.25, 0.3) is 5.19 Å². The number of halogens is 1. The molecule has 4 rings (SSSR count). The third-order valence-corrected chi connectivity index (χ3v) is 5.95. The van der Waals surface area contributed by atoms with Crippen LogP contribution in [0.15, 0.2) is 64.3 Å². The highest BCUT2D eigenvalue weighted by Crippen LogP contribution is 2.27. The Labute approximate surface area is 214 Å². The lowest BCUT2D eigenvalue weighted by molar-refractivity contribution is -0.144. The number of hydrogen-bond donors (Lipinski definition) is 1. The molecule has 0 unspecified atom stereocenters. The summed E-state index contributed by atoms with van der Waals surface area (Å²) < 4.78 is 12.6. The van der Waals surface area contributed by atoms with Gasteiger partial charge in [0.2, 0.25) is 5.95 Å². The molecule has 0 saturated heterocycles. The molecule has 2 aromatic heterocycles. The number of aryl methyl sites for hydroxylation is 1. The summed E-state index contributed by atoms with van der Waals surface area (Å²) in [7, 11) is 0. The Balaban J connectivity index is 1.65. The number of esters is 1. The van der Waals surface area contributed by atoms with E-state index in [9.17, 15) is 14.4 Å². The molecular weight excluding hydrogens is 506 g/mol. The number of nitrogens with zero attached hydrogens (tertiary/aromatic N) is 4. The fourth-order valence-electron chi connectivity index (χ4n) is 3.23.